The normalized spacial score (nSPS) is 10.2. The van der Waals surface area contributed by atoms with Crippen molar-refractivity contribution in [2.24, 2.45) is 0 Å². The van der Waals surface area contributed by atoms with E-state index >= 15 is 0 Å². The van der Waals surface area contributed by atoms with Gasteiger partial charge in [-0.1, -0.05) is 0 Å². The standard InChI is InChI=1S/C17H17F2NO4/c1-22-14-8-16(24-3)15(23-2)7-11(14)9-20-17(21)10-4-5-12(18)13(19)6-10/h4-8H,9H2,1-3H3,(H,20,21). The predicted molar refractivity (Wildman–Crippen MR) is 83.6 cm³/mol. The summed E-state index contributed by atoms with van der Waals surface area (Å²) >= 11 is 0. The lowest BCUT2D eigenvalue weighted by atomic mass is 10.1. The van der Waals surface area contributed by atoms with Gasteiger partial charge >= 0.3 is 0 Å². The molecule has 0 saturated heterocycles. The van der Waals surface area contributed by atoms with Crippen LogP contribution in [0.15, 0.2) is 30.3 Å². The molecule has 0 spiro atoms. The summed E-state index contributed by atoms with van der Waals surface area (Å²) in [4.78, 5) is 12.1. The van der Waals surface area contributed by atoms with E-state index in [2.05, 4.69) is 5.32 Å². The molecule has 1 amide bonds. The molecular weight excluding hydrogens is 320 g/mol. The molecule has 0 aliphatic heterocycles. The first-order chi connectivity index (χ1) is 11.5. The van der Waals surface area contributed by atoms with Gasteiger partial charge in [-0.3, -0.25) is 4.79 Å². The van der Waals surface area contributed by atoms with Crippen LogP contribution in [0.3, 0.4) is 0 Å². The zero-order valence-electron chi connectivity index (χ0n) is 13.5. The fourth-order valence-corrected chi connectivity index (χ4v) is 2.15. The third kappa shape index (κ3) is 3.73. The lowest BCUT2D eigenvalue weighted by molar-refractivity contribution is 0.0950. The number of ether oxygens (including phenoxy) is 3. The molecule has 2 aromatic rings. The van der Waals surface area contributed by atoms with Gasteiger partial charge in [0.15, 0.2) is 23.1 Å². The molecule has 7 heteroatoms. The van der Waals surface area contributed by atoms with Crippen LogP contribution >= 0.6 is 0 Å². The van der Waals surface area contributed by atoms with Crippen molar-refractivity contribution in [1.29, 1.82) is 0 Å². The maximum Gasteiger partial charge on any atom is 0.251 e. The van der Waals surface area contributed by atoms with Gasteiger partial charge in [0, 0.05) is 23.7 Å². The van der Waals surface area contributed by atoms with Crippen molar-refractivity contribution in [3.8, 4) is 17.2 Å². The molecular formula is C17H17F2NO4. The van der Waals surface area contributed by atoms with E-state index in [1.807, 2.05) is 0 Å². The van der Waals surface area contributed by atoms with E-state index in [0.717, 1.165) is 12.1 Å². The second-order valence-corrected chi connectivity index (χ2v) is 4.83. The van der Waals surface area contributed by atoms with Crippen LogP contribution in [0, 0.1) is 11.6 Å². The predicted octanol–water partition coefficient (Wildman–Crippen LogP) is 2.92. The summed E-state index contributed by atoms with van der Waals surface area (Å²) in [6.07, 6.45) is 0. The van der Waals surface area contributed by atoms with Crippen LogP contribution < -0.4 is 19.5 Å². The number of benzene rings is 2. The molecule has 1 N–H and O–H groups in total. The van der Waals surface area contributed by atoms with Gasteiger partial charge in [-0.25, -0.2) is 8.78 Å². The van der Waals surface area contributed by atoms with Crippen molar-refractivity contribution in [1.82, 2.24) is 5.32 Å². The summed E-state index contributed by atoms with van der Waals surface area (Å²) in [6, 6.07) is 6.26. The molecule has 0 bridgehead atoms. The zero-order chi connectivity index (χ0) is 17.7. The Labute approximate surface area is 138 Å². The van der Waals surface area contributed by atoms with Crippen LogP contribution in [-0.4, -0.2) is 27.2 Å². The molecule has 2 rings (SSSR count). The van der Waals surface area contributed by atoms with Gasteiger partial charge in [0.05, 0.1) is 21.3 Å². The Bertz CT molecular complexity index is 750. The second-order valence-electron chi connectivity index (χ2n) is 4.83. The van der Waals surface area contributed by atoms with Crippen molar-refractivity contribution in [3.63, 3.8) is 0 Å². The first-order valence-electron chi connectivity index (χ1n) is 7.02. The molecule has 5 nitrogen and oxygen atoms in total. The van der Waals surface area contributed by atoms with E-state index in [9.17, 15) is 13.6 Å². The SMILES string of the molecule is COc1cc(OC)c(OC)cc1CNC(=O)c1ccc(F)c(F)c1. The van der Waals surface area contributed by atoms with Crippen LogP contribution in [-0.2, 0) is 6.54 Å². The Morgan fingerprint density at radius 2 is 1.54 bits per heavy atom. The van der Waals surface area contributed by atoms with Crippen LogP contribution in [0.4, 0.5) is 8.78 Å². The van der Waals surface area contributed by atoms with E-state index in [0.29, 0.717) is 22.8 Å². The fraction of sp³-hybridized carbons (Fsp3) is 0.235. The second kappa shape index (κ2) is 7.63. The topological polar surface area (TPSA) is 56.8 Å². The highest BCUT2D eigenvalue weighted by molar-refractivity contribution is 5.94. The Hall–Kier alpha value is -2.83. The summed E-state index contributed by atoms with van der Waals surface area (Å²) in [7, 11) is 4.48. The molecule has 0 heterocycles. The first kappa shape index (κ1) is 17.5. The maximum absolute atomic E-state index is 13.2. The molecule has 0 aliphatic rings. The van der Waals surface area contributed by atoms with Crippen molar-refractivity contribution in [2.75, 3.05) is 21.3 Å². The minimum atomic E-state index is -1.08. The van der Waals surface area contributed by atoms with E-state index in [-0.39, 0.29) is 12.1 Å². The highest BCUT2D eigenvalue weighted by Crippen LogP contribution is 2.34. The van der Waals surface area contributed by atoms with Crippen LogP contribution in [0.2, 0.25) is 0 Å². The average molecular weight is 337 g/mol. The Kier molecular flexibility index (Phi) is 5.57. The number of carbonyl (C=O) groups excluding carboxylic acids is 1. The molecule has 0 radical (unpaired) electrons. The van der Waals surface area contributed by atoms with Gasteiger partial charge in [0.1, 0.15) is 5.75 Å². The number of rotatable bonds is 6. The van der Waals surface area contributed by atoms with E-state index in [1.54, 1.807) is 12.1 Å². The van der Waals surface area contributed by atoms with Crippen molar-refractivity contribution < 1.29 is 27.8 Å². The maximum atomic E-state index is 13.2. The van der Waals surface area contributed by atoms with Gasteiger partial charge < -0.3 is 19.5 Å². The molecule has 0 atom stereocenters. The lowest BCUT2D eigenvalue weighted by Crippen LogP contribution is -2.23. The number of methoxy groups -OCH3 is 3. The molecule has 0 saturated carbocycles. The van der Waals surface area contributed by atoms with Crippen LogP contribution in [0.5, 0.6) is 17.2 Å². The quantitative estimate of drug-likeness (QED) is 0.881. The monoisotopic (exact) mass is 337 g/mol. The van der Waals surface area contributed by atoms with Crippen LogP contribution in [0.25, 0.3) is 0 Å². The van der Waals surface area contributed by atoms with Gasteiger partial charge in [-0.15, -0.1) is 0 Å². The highest BCUT2D eigenvalue weighted by Gasteiger charge is 2.14. The third-order valence-corrected chi connectivity index (χ3v) is 3.41. The molecule has 0 unspecified atom stereocenters. The largest absolute Gasteiger partial charge is 0.496 e. The van der Waals surface area contributed by atoms with Crippen LogP contribution in [0.1, 0.15) is 15.9 Å². The van der Waals surface area contributed by atoms with Crippen molar-refractivity contribution >= 4 is 5.91 Å². The molecule has 0 aromatic heterocycles. The minimum Gasteiger partial charge on any atom is -0.496 e. The van der Waals surface area contributed by atoms with Gasteiger partial charge in [-0.2, -0.15) is 0 Å². The minimum absolute atomic E-state index is 0.0216. The fourth-order valence-electron chi connectivity index (χ4n) is 2.15. The number of hydrogen-bond donors (Lipinski definition) is 1. The van der Waals surface area contributed by atoms with E-state index in [4.69, 9.17) is 14.2 Å². The lowest BCUT2D eigenvalue weighted by Gasteiger charge is -2.14. The molecule has 24 heavy (non-hydrogen) atoms. The molecule has 0 fully saturated rings. The smallest absolute Gasteiger partial charge is 0.251 e. The van der Waals surface area contributed by atoms with Gasteiger partial charge in [0.2, 0.25) is 0 Å². The van der Waals surface area contributed by atoms with E-state index < -0.39 is 17.5 Å². The number of halogens is 2. The average Bonchev–Trinajstić information content (AvgIpc) is 2.60. The summed E-state index contributed by atoms with van der Waals surface area (Å²) in [6.45, 7) is 0.112. The molecule has 128 valence electrons. The Balaban J connectivity index is 2.18. The van der Waals surface area contributed by atoms with Gasteiger partial charge in [0.25, 0.3) is 5.91 Å². The van der Waals surface area contributed by atoms with E-state index in [1.165, 1.54) is 27.4 Å². The summed E-state index contributed by atoms with van der Waals surface area (Å²) < 4.78 is 41.8. The number of amides is 1. The van der Waals surface area contributed by atoms with Crippen molar-refractivity contribution in [3.05, 3.63) is 53.1 Å². The number of hydrogen-bond acceptors (Lipinski definition) is 4. The van der Waals surface area contributed by atoms with Gasteiger partial charge in [-0.05, 0) is 24.3 Å². The summed E-state index contributed by atoms with van der Waals surface area (Å²) in [5, 5.41) is 2.62. The molecule has 2 aromatic carbocycles. The Morgan fingerprint density at radius 3 is 2.12 bits per heavy atom. The number of nitrogens with one attached hydrogen (secondary N) is 1. The summed E-state index contributed by atoms with van der Waals surface area (Å²) in [5.74, 6) is -1.15. The highest BCUT2D eigenvalue weighted by atomic mass is 19.2. The van der Waals surface area contributed by atoms with Crippen molar-refractivity contribution in [2.45, 2.75) is 6.54 Å². The number of carbonyl (C=O) groups is 1. The third-order valence-electron chi connectivity index (χ3n) is 3.41. The molecule has 0 aliphatic carbocycles. The zero-order valence-corrected chi connectivity index (χ0v) is 13.5. The summed E-state index contributed by atoms with van der Waals surface area (Å²) in [5.41, 5.74) is 0.666. The Morgan fingerprint density at radius 1 is 0.917 bits per heavy atom. The first-order valence-corrected chi connectivity index (χ1v) is 7.02.